The molecule has 0 radical (unpaired) electrons. The first kappa shape index (κ1) is 17.5. The predicted octanol–water partition coefficient (Wildman–Crippen LogP) is 3.03. The van der Waals surface area contributed by atoms with Gasteiger partial charge in [0.1, 0.15) is 4.90 Å². The second-order valence-corrected chi connectivity index (χ2v) is 8.71. The zero-order valence-electron chi connectivity index (χ0n) is 13.9. The molecule has 0 bridgehead atoms. The molecule has 26 heavy (non-hydrogen) atoms. The molecule has 1 aromatic heterocycles. The lowest BCUT2D eigenvalue weighted by atomic mass is 10.1. The Morgan fingerprint density at radius 3 is 2.65 bits per heavy atom. The number of aliphatic hydroxyl groups is 1. The van der Waals surface area contributed by atoms with Crippen LogP contribution in [-0.4, -0.2) is 47.2 Å². The normalized spacial score (nSPS) is 17.0. The first-order chi connectivity index (χ1) is 12.5. The Balaban J connectivity index is 1.77. The van der Waals surface area contributed by atoms with Crippen molar-refractivity contribution in [2.75, 3.05) is 13.1 Å². The van der Waals surface area contributed by atoms with Crippen LogP contribution in [0.25, 0.3) is 22.2 Å². The van der Waals surface area contributed by atoms with E-state index in [4.69, 9.17) is 11.6 Å². The first-order valence-electron chi connectivity index (χ1n) is 8.38. The van der Waals surface area contributed by atoms with E-state index >= 15 is 0 Å². The number of hydrogen-bond acceptors (Lipinski definition) is 4. The molecular weight excluding hydrogens is 374 g/mol. The Labute approximate surface area is 156 Å². The van der Waals surface area contributed by atoms with Gasteiger partial charge < -0.3 is 5.11 Å². The van der Waals surface area contributed by atoms with Crippen LogP contribution < -0.4 is 0 Å². The van der Waals surface area contributed by atoms with Crippen LogP contribution >= 0.6 is 11.6 Å². The van der Waals surface area contributed by atoms with Crippen LogP contribution in [0.4, 0.5) is 0 Å². The van der Waals surface area contributed by atoms with Crippen molar-refractivity contribution in [2.45, 2.75) is 23.8 Å². The third kappa shape index (κ3) is 3.01. The Morgan fingerprint density at radius 1 is 1.15 bits per heavy atom. The largest absolute Gasteiger partial charge is 0.393 e. The molecule has 4 rings (SSSR count). The number of hydrogen-bond donors (Lipinski definition) is 2. The van der Waals surface area contributed by atoms with Gasteiger partial charge in [-0.1, -0.05) is 35.9 Å². The van der Waals surface area contributed by atoms with Crippen molar-refractivity contribution in [1.29, 1.82) is 0 Å². The molecule has 0 unspecified atom stereocenters. The molecule has 1 fully saturated rings. The van der Waals surface area contributed by atoms with Crippen LogP contribution in [0.1, 0.15) is 12.8 Å². The van der Waals surface area contributed by atoms with Crippen LogP contribution in [0.15, 0.2) is 47.4 Å². The standard InChI is InChI=1S/C18H18ClN3O3S/c19-15-6-5-12(18-14-3-1-2-4-16(14)20-21-18)11-17(15)26(24,25)22-9-7-13(23)8-10-22/h1-6,11,13,23H,7-10H2,(H,20,21). The van der Waals surface area contributed by atoms with Crippen molar-refractivity contribution < 1.29 is 13.5 Å². The Kier molecular flexibility index (Phi) is 4.48. The molecular formula is C18H18ClN3O3S. The highest BCUT2D eigenvalue weighted by Gasteiger charge is 2.30. The lowest BCUT2D eigenvalue weighted by Crippen LogP contribution is -2.40. The van der Waals surface area contributed by atoms with E-state index in [9.17, 15) is 13.5 Å². The number of piperidine rings is 1. The zero-order chi connectivity index (χ0) is 18.3. The number of halogens is 1. The van der Waals surface area contributed by atoms with Crippen molar-refractivity contribution in [2.24, 2.45) is 0 Å². The van der Waals surface area contributed by atoms with Crippen molar-refractivity contribution in [1.82, 2.24) is 14.5 Å². The van der Waals surface area contributed by atoms with Gasteiger partial charge in [-0.15, -0.1) is 0 Å². The van der Waals surface area contributed by atoms with E-state index in [2.05, 4.69) is 10.2 Å². The lowest BCUT2D eigenvalue weighted by molar-refractivity contribution is 0.113. The maximum absolute atomic E-state index is 13.0. The minimum Gasteiger partial charge on any atom is -0.393 e. The summed E-state index contributed by atoms with van der Waals surface area (Å²) in [6.07, 6.45) is 0.417. The lowest BCUT2D eigenvalue weighted by Gasteiger charge is -2.29. The molecule has 0 spiro atoms. The van der Waals surface area contributed by atoms with Gasteiger partial charge in [0.2, 0.25) is 10.0 Å². The number of aromatic amines is 1. The van der Waals surface area contributed by atoms with E-state index in [1.807, 2.05) is 24.3 Å². The fourth-order valence-corrected chi connectivity index (χ4v) is 5.22. The van der Waals surface area contributed by atoms with Gasteiger partial charge in [0.15, 0.2) is 0 Å². The molecule has 0 amide bonds. The smallest absolute Gasteiger partial charge is 0.244 e. The summed E-state index contributed by atoms with van der Waals surface area (Å²) in [6, 6.07) is 12.6. The SMILES string of the molecule is O=S(=O)(c1cc(-c2n[nH]c3ccccc23)ccc1Cl)N1CCC(O)CC1. The van der Waals surface area contributed by atoms with Gasteiger partial charge in [0.25, 0.3) is 0 Å². The number of fused-ring (bicyclic) bond motifs is 1. The topological polar surface area (TPSA) is 86.3 Å². The van der Waals surface area contributed by atoms with Gasteiger partial charge >= 0.3 is 0 Å². The molecule has 136 valence electrons. The van der Waals surface area contributed by atoms with Gasteiger partial charge in [-0.2, -0.15) is 9.40 Å². The highest BCUT2D eigenvalue weighted by atomic mass is 35.5. The molecule has 0 aliphatic carbocycles. The van der Waals surface area contributed by atoms with Crippen LogP contribution in [-0.2, 0) is 10.0 Å². The number of nitrogens with zero attached hydrogens (tertiary/aromatic N) is 2. The van der Waals surface area contributed by atoms with E-state index in [0.29, 0.717) is 24.1 Å². The fraction of sp³-hybridized carbons (Fsp3) is 0.278. The van der Waals surface area contributed by atoms with Gasteiger partial charge in [0.05, 0.1) is 22.3 Å². The van der Waals surface area contributed by atoms with Gasteiger partial charge in [-0.25, -0.2) is 8.42 Å². The summed E-state index contributed by atoms with van der Waals surface area (Å²) in [4.78, 5) is 0.0696. The van der Waals surface area contributed by atoms with Crippen molar-refractivity contribution in [3.63, 3.8) is 0 Å². The molecule has 0 saturated carbocycles. The number of para-hydroxylation sites is 1. The second kappa shape index (κ2) is 6.66. The molecule has 1 aliphatic rings. The van der Waals surface area contributed by atoms with Crippen LogP contribution in [0.5, 0.6) is 0 Å². The Hall–Kier alpha value is -1.93. The van der Waals surface area contributed by atoms with Crippen LogP contribution in [0, 0.1) is 0 Å². The average molecular weight is 392 g/mol. The van der Waals surface area contributed by atoms with Crippen LogP contribution in [0.2, 0.25) is 5.02 Å². The summed E-state index contributed by atoms with van der Waals surface area (Å²) in [5, 5.41) is 18.0. The van der Waals surface area contributed by atoms with Crippen molar-refractivity contribution >= 4 is 32.5 Å². The molecule has 2 aromatic carbocycles. The minimum atomic E-state index is -3.73. The number of H-pyrrole nitrogens is 1. The molecule has 0 atom stereocenters. The number of aliphatic hydroxyl groups excluding tert-OH is 1. The summed E-state index contributed by atoms with van der Waals surface area (Å²) in [7, 11) is -3.73. The van der Waals surface area contributed by atoms with E-state index in [1.54, 1.807) is 18.2 Å². The van der Waals surface area contributed by atoms with E-state index in [1.165, 1.54) is 4.31 Å². The molecule has 2 N–H and O–H groups in total. The summed E-state index contributed by atoms with van der Waals surface area (Å²) in [5.41, 5.74) is 2.25. The predicted molar refractivity (Wildman–Crippen MR) is 101 cm³/mol. The number of sulfonamides is 1. The van der Waals surface area contributed by atoms with E-state index < -0.39 is 16.1 Å². The first-order valence-corrected chi connectivity index (χ1v) is 10.2. The van der Waals surface area contributed by atoms with Crippen LogP contribution in [0.3, 0.4) is 0 Å². The molecule has 3 aromatic rings. The molecule has 8 heteroatoms. The Morgan fingerprint density at radius 2 is 1.88 bits per heavy atom. The minimum absolute atomic E-state index is 0.0696. The van der Waals surface area contributed by atoms with Gasteiger partial charge in [0, 0.05) is 24.0 Å². The highest BCUT2D eigenvalue weighted by molar-refractivity contribution is 7.89. The number of benzene rings is 2. The fourth-order valence-electron chi connectivity index (χ4n) is 3.25. The second-order valence-electron chi connectivity index (χ2n) is 6.40. The molecule has 2 heterocycles. The maximum Gasteiger partial charge on any atom is 0.244 e. The zero-order valence-corrected chi connectivity index (χ0v) is 15.5. The summed E-state index contributed by atoms with van der Waals surface area (Å²) in [6.45, 7) is 0.574. The Bertz CT molecular complexity index is 1060. The van der Waals surface area contributed by atoms with Crippen molar-refractivity contribution in [3.8, 4) is 11.3 Å². The number of rotatable bonds is 3. The third-order valence-corrected chi connectivity index (χ3v) is 7.10. The monoisotopic (exact) mass is 391 g/mol. The molecule has 6 nitrogen and oxygen atoms in total. The molecule has 1 aliphatic heterocycles. The average Bonchev–Trinajstić information content (AvgIpc) is 3.06. The number of aromatic nitrogens is 2. The van der Waals surface area contributed by atoms with E-state index in [0.717, 1.165) is 10.9 Å². The van der Waals surface area contributed by atoms with E-state index in [-0.39, 0.29) is 23.0 Å². The summed E-state index contributed by atoms with van der Waals surface area (Å²) >= 11 is 6.22. The summed E-state index contributed by atoms with van der Waals surface area (Å²) < 4.78 is 27.4. The van der Waals surface area contributed by atoms with Gasteiger partial charge in [-0.3, -0.25) is 5.10 Å². The molecule has 1 saturated heterocycles. The third-order valence-electron chi connectivity index (χ3n) is 4.72. The summed E-state index contributed by atoms with van der Waals surface area (Å²) in [5.74, 6) is 0. The van der Waals surface area contributed by atoms with Gasteiger partial charge in [-0.05, 0) is 31.0 Å². The van der Waals surface area contributed by atoms with Crippen molar-refractivity contribution in [3.05, 3.63) is 47.5 Å². The quantitative estimate of drug-likeness (QED) is 0.718. The number of nitrogens with one attached hydrogen (secondary N) is 1. The maximum atomic E-state index is 13.0. The highest BCUT2D eigenvalue weighted by Crippen LogP contribution is 2.33.